The van der Waals surface area contributed by atoms with E-state index in [9.17, 15) is 0 Å². The maximum atomic E-state index is 5.60. The summed E-state index contributed by atoms with van der Waals surface area (Å²) in [7, 11) is 1.66. The highest BCUT2D eigenvalue weighted by Crippen LogP contribution is 2.27. The minimum Gasteiger partial charge on any atom is -0.497 e. The van der Waals surface area contributed by atoms with Gasteiger partial charge in [0.2, 0.25) is 11.9 Å². The number of hydrogen-bond donors (Lipinski definition) is 3. The van der Waals surface area contributed by atoms with Crippen molar-refractivity contribution < 1.29 is 14.2 Å². The predicted molar refractivity (Wildman–Crippen MR) is 139 cm³/mol. The first-order chi connectivity index (χ1) is 17.0. The zero-order valence-electron chi connectivity index (χ0n) is 21.1. The van der Waals surface area contributed by atoms with Crippen LogP contribution in [0.15, 0.2) is 36.4 Å². The van der Waals surface area contributed by atoms with Gasteiger partial charge in [-0.05, 0) is 49.6 Å². The lowest BCUT2D eigenvalue weighted by molar-refractivity contribution is 0.0547. The van der Waals surface area contributed by atoms with Crippen LogP contribution in [0.3, 0.4) is 0 Å². The molecule has 9 nitrogen and oxygen atoms in total. The summed E-state index contributed by atoms with van der Waals surface area (Å²) in [5.74, 6) is 2.45. The maximum Gasteiger partial charge on any atom is 0.228 e. The van der Waals surface area contributed by atoms with E-state index in [2.05, 4.69) is 48.5 Å². The molecular weight excluding hydrogens is 444 g/mol. The van der Waals surface area contributed by atoms with Gasteiger partial charge in [-0.1, -0.05) is 29.8 Å². The zero-order valence-corrected chi connectivity index (χ0v) is 21.1. The fraction of sp³-hybridized carbons (Fsp3) is 0.423. The Balaban J connectivity index is 1.73. The van der Waals surface area contributed by atoms with E-state index in [1.54, 1.807) is 7.11 Å². The summed E-state index contributed by atoms with van der Waals surface area (Å²) < 4.78 is 16.2. The van der Waals surface area contributed by atoms with Crippen molar-refractivity contribution in [2.24, 2.45) is 5.73 Å². The van der Waals surface area contributed by atoms with Crippen LogP contribution in [0.4, 0.5) is 11.9 Å². The van der Waals surface area contributed by atoms with Crippen LogP contribution in [0, 0.1) is 20.8 Å². The molecule has 188 valence electrons. The van der Waals surface area contributed by atoms with Crippen molar-refractivity contribution in [1.29, 1.82) is 0 Å². The summed E-state index contributed by atoms with van der Waals surface area (Å²) in [6, 6.07) is 12.2. The van der Waals surface area contributed by atoms with Crippen molar-refractivity contribution in [3.63, 3.8) is 0 Å². The fourth-order valence-corrected chi connectivity index (χ4v) is 3.74. The summed E-state index contributed by atoms with van der Waals surface area (Å²) in [6.45, 7) is 9.98. The van der Waals surface area contributed by atoms with Crippen molar-refractivity contribution in [1.82, 2.24) is 15.0 Å². The van der Waals surface area contributed by atoms with E-state index in [-0.39, 0.29) is 0 Å². The normalized spacial score (nSPS) is 10.9. The molecule has 0 spiro atoms. The molecule has 0 saturated carbocycles. The third-order valence-corrected chi connectivity index (χ3v) is 5.31. The third kappa shape index (κ3) is 8.17. The van der Waals surface area contributed by atoms with E-state index >= 15 is 0 Å². The average Bonchev–Trinajstić information content (AvgIpc) is 2.84. The number of rotatable bonds is 14. The van der Waals surface area contributed by atoms with Gasteiger partial charge in [-0.25, -0.2) is 0 Å². The molecule has 2 aromatic carbocycles. The lowest BCUT2D eigenvalue weighted by atomic mass is 9.99. The molecule has 0 aliphatic rings. The maximum absolute atomic E-state index is 5.60. The van der Waals surface area contributed by atoms with Gasteiger partial charge in [-0.2, -0.15) is 15.0 Å². The van der Waals surface area contributed by atoms with Gasteiger partial charge in [-0.3, -0.25) is 0 Å². The molecule has 3 rings (SSSR count). The molecule has 0 amide bonds. The van der Waals surface area contributed by atoms with Gasteiger partial charge in [0.25, 0.3) is 0 Å². The zero-order chi connectivity index (χ0) is 25.0. The highest BCUT2D eigenvalue weighted by molar-refractivity contribution is 5.67. The number of nitrogens with one attached hydrogen (secondary N) is 2. The molecule has 0 bridgehead atoms. The van der Waals surface area contributed by atoms with Crippen LogP contribution in [0.5, 0.6) is 5.75 Å². The summed E-state index contributed by atoms with van der Waals surface area (Å²) >= 11 is 0. The van der Waals surface area contributed by atoms with Gasteiger partial charge in [0, 0.05) is 25.2 Å². The lowest BCUT2D eigenvalue weighted by Gasteiger charge is -2.14. The Labute approximate surface area is 207 Å². The number of nitrogens with zero attached hydrogens (tertiary/aromatic N) is 3. The van der Waals surface area contributed by atoms with Crippen molar-refractivity contribution in [3.05, 3.63) is 58.7 Å². The summed E-state index contributed by atoms with van der Waals surface area (Å²) in [5, 5.41) is 6.58. The van der Waals surface area contributed by atoms with Gasteiger partial charge < -0.3 is 30.6 Å². The molecule has 4 N–H and O–H groups in total. The van der Waals surface area contributed by atoms with Crippen LogP contribution in [0.2, 0.25) is 0 Å². The van der Waals surface area contributed by atoms with E-state index in [1.165, 1.54) is 5.56 Å². The molecule has 0 aliphatic carbocycles. The number of nitrogens with two attached hydrogens (primary N) is 1. The minimum absolute atomic E-state index is 0.495. The Hall–Kier alpha value is -3.27. The Kier molecular flexibility index (Phi) is 10.2. The molecule has 0 aliphatic heterocycles. The predicted octanol–water partition coefficient (Wildman–Crippen LogP) is 3.49. The van der Waals surface area contributed by atoms with Crippen LogP contribution in [-0.2, 0) is 16.0 Å². The lowest BCUT2D eigenvalue weighted by Crippen LogP contribution is -2.16. The smallest absolute Gasteiger partial charge is 0.228 e. The second-order valence-corrected chi connectivity index (χ2v) is 8.22. The Morgan fingerprint density at radius 1 is 0.800 bits per heavy atom. The first kappa shape index (κ1) is 26.3. The SMILES string of the molecule is COc1ccc(CNc2nc(NCCOCCOCCN)nc(-c3c(C)cc(C)cc3C)n2)cc1. The van der Waals surface area contributed by atoms with Gasteiger partial charge in [0.1, 0.15) is 5.75 Å². The third-order valence-electron chi connectivity index (χ3n) is 5.31. The van der Waals surface area contributed by atoms with Gasteiger partial charge >= 0.3 is 0 Å². The monoisotopic (exact) mass is 480 g/mol. The van der Waals surface area contributed by atoms with Crippen LogP contribution in [-0.4, -0.2) is 61.6 Å². The van der Waals surface area contributed by atoms with E-state index in [0.717, 1.165) is 28.0 Å². The molecule has 1 aromatic heterocycles. The molecular formula is C26H36N6O3. The summed E-state index contributed by atoms with van der Waals surface area (Å²) in [5.41, 5.74) is 11.0. The molecule has 0 radical (unpaired) electrons. The number of anilines is 2. The number of benzene rings is 2. The highest BCUT2D eigenvalue weighted by Gasteiger charge is 2.14. The first-order valence-electron chi connectivity index (χ1n) is 11.8. The van der Waals surface area contributed by atoms with Crippen molar-refractivity contribution in [3.8, 4) is 17.1 Å². The topological polar surface area (TPSA) is 116 Å². The highest BCUT2D eigenvalue weighted by atomic mass is 16.5. The number of ether oxygens (including phenoxy) is 3. The largest absolute Gasteiger partial charge is 0.497 e. The van der Waals surface area contributed by atoms with Gasteiger partial charge in [0.05, 0.1) is 33.5 Å². The van der Waals surface area contributed by atoms with Crippen LogP contribution in [0.25, 0.3) is 11.4 Å². The quantitative estimate of drug-likeness (QED) is 0.298. The number of methoxy groups -OCH3 is 1. The van der Waals surface area contributed by atoms with E-state index in [4.69, 9.17) is 29.9 Å². The average molecular weight is 481 g/mol. The Bertz CT molecular complexity index is 1050. The molecule has 0 unspecified atom stereocenters. The van der Waals surface area contributed by atoms with Gasteiger partial charge in [-0.15, -0.1) is 0 Å². The fourth-order valence-electron chi connectivity index (χ4n) is 3.74. The van der Waals surface area contributed by atoms with Crippen LogP contribution < -0.4 is 21.1 Å². The Morgan fingerprint density at radius 2 is 1.43 bits per heavy atom. The molecule has 3 aromatic rings. The van der Waals surface area contributed by atoms with E-state index in [1.807, 2.05) is 24.3 Å². The summed E-state index contributed by atoms with van der Waals surface area (Å²) in [4.78, 5) is 14.0. The van der Waals surface area contributed by atoms with Crippen molar-refractivity contribution in [2.45, 2.75) is 27.3 Å². The van der Waals surface area contributed by atoms with Crippen molar-refractivity contribution >= 4 is 11.9 Å². The molecule has 0 fully saturated rings. The minimum atomic E-state index is 0.495. The molecule has 0 saturated heterocycles. The Morgan fingerprint density at radius 3 is 2.06 bits per heavy atom. The van der Waals surface area contributed by atoms with Crippen LogP contribution in [0.1, 0.15) is 22.3 Å². The standard InChI is InChI=1S/C26H36N6O3/c1-18-15-19(2)23(20(3)16-18)24-30-25(28-10-12-35-14-13-34-11-9-27)32-26(31-24)29-17-21-5-7-22(33-4)8-6-21/h5-8,15-16H,9-14,17,27H2,1-4H3,(H2,28,29,30,31,32). The summed E-state index contributed by atoms with van der Waals surface area (Å²) in [6.07, 6.45) is 0. The molecule has 1 heterocycles. The molecule has 0 atom stereocenters. The number of hydrogen-bond acceptors (Lipinski definition) is 9. The number of aryl methyl sites for hydroxylation is 3. The molecule has 9 heteroatoms. The van der Waals surface area contributed by atoms with Gasteiger partial charge in [0.15, 0.2) is 5.82 Å². The molecule has 35 heavy (non-hydrogen) atoms. The van der Waals surface area contributed by atoms with E-state index in [0.29, 0.717) is 63.8 Å². The first-order valence-corrected chi connectivity index (χ1v) is 11.8. The second kappa shape index (κ2) is 13.6. The second-order valence-electron chi connectivity index (χ2n) is 8.22. The number of aromatic nitrogens is 3. The van der Waals surface area contributed by atoms with Crippen molar-refractivity contribution in [2.75, 3.05) is 57.3 Å². The van der Waals surface area contributed by atoms with E-state index < -0.39 is 0 Å². The van der Waals surface area contributed by atoms with Crippen LogP contribution >= 0.6 is 0 Å².